The van der Waals surface area contributed by atoms with Gasteiger partial charge in [0.25, 0.3) is 5.56 Å². The van der Waals surface area contributed by atoms with Crippen LogP contribution >= 0.6 is 23.4 Å². The molecule has 0 fully saturated rings. The highest BCUT2D eigenvalue weighted by atomic mass is 35.5. The molecule has 1 heterocycles. The number of aromatic nitrogens is 2. The Balaban J connectivity index is 1.84. The van der Waals surface area contributed by atoms with Crippen molar-refractivity contribution in [3.63, 3.8) is 0 Å². The van der Waals surface area contributed by atoms with E-state index in [1.165, 1.54) is 11.8 Å². The summed E-state index contributed by atoms with van der Waals surface area (Å²) in [6.45, 7) is 2.80. The molecule has 6 nitrogen and oxygen atoms in total. The van der Waals surface area contributed by atoms with E-state index in [0.717, 1.165) is 0 Å². The molecule has 3 rings (SSSR count). The number of nitrogens with one attached hydrogen (secondary N) is 1. The van der Waals surface area contributed by atoms with E-state index in [9.17, 15) is 9.59 Å². The molecule has 0 saturated carbocycles. The molecule has 0 saturated heterocycles. The van der Waals surface area contributed by atoms with Crippen molar-refractivity contribution in [2.24, 2.45) is 0 Å². The first-order chi connectivity index (χ1) is 14.0. The van der Waals surface area contributed by atoms with Crippen molar-refractivity contribution in [3.05, 3.63) is 63.9 Å². The van der Waals surface area contributed by atoms with Gasteiger partial charge in [0.2, 0.25) is 5.91 Å². The lowest BCUT2D eigenvalue weighted by molar-refractivity contribution is -0.115. The number of thioether (sulfide) groups is 1. The molecule has 0 aliphatic rings. The topological polar surface area (TPSA) is 73.2 Å². The quantitative estimate of drug-likeness (QED) is 0.328. The molecule has 29 heavy (non-hydrogen) atoms. The van der Waals surface area contributed by atoms with Crippen LogP contribution in [-0.2, 0) is 16.1 Å². The number of ether oxygens (including phenoxy) is 1. The molecular formula is C21H22ClN3O3S. The lowest BCUT2D eigenvalue weighted by Gasteiger charge is -2.16. The number of fused-ring (bicyclic) bond motifs is 1. The zero-order valence-corrected chi connectivity index (χ0v) is 17.8. The number of carbonyl (C=O) groups excluding carboxylic acids is 1. The van der Waals surface area contributed by atoms with Gasteiger partial charge in [0.05, 0.1) is 16.2 Å². The number of halogens is 1. The van der Waals surface area contributed by atoms with E-state index in [1.807, 2.05) is 12.1 Å². The average molecular weight is 432 g/mol. The molecule has 1 amide bonds. The Labute approximate surface area is 178 Å². The van der Waals surface area contributed by atoms with Crippen molar-refractivity contribution in [2.45, 2.75) is 30.3 Å². The third-order valence-electron chi connectivity index (χ3n) is 4.32. The molecule has 0 bridgehead atoms. The van der Waals surface area contributed by atoms with Gasteiger partial charge in [0.1, 0.15) is 0 Å². The first kappa shape index (κ1) is 21.4. The molecule has 1 N–H and O–H groups in total. The molecule has 152 valence electrons. The fourth-order valence-electron chi connectivity index (χ4n) is 2.79. The summed E-state index contributed by atoms with van der Waals surface area (Å²) < 4.78 is 6.73. The average Bonchev–Trinajstić information content (AvgIpc) is 2.72. The van der Waals surface area contributed by atoms with Crippen molar-refractivity contribution in [1.29, 1.82) is 0 Å². The molecule has 3 aromatic rings. The third kappa shape index (κ3) is 5.38. The van der Waals surface area contributed by atoms with Crippen LogP contribution in [0.3, 0.4) is 0 Å². The SMILES string of the molecule is COCCCn1c(SC(C)C(=O)Nc2ccc(Cl)cc2)nc2ccccc2c1=O. The Hall–Kier alpha value is -2.35. The number of para-hydroxylation sites is 1. The van der Waals surface area contributed by atoms with Crippen LogP contribution in [-0.4, -0.2) is 34.4 Å². The maximum atomic E-state index is 13.0. The predicted molar refractivity (Wildman–Crippen MR) is 118 cm³/mol. The lowest BCUT2D eigenvalue weighted by atomic mass is 10.2. The van der Waals surface area contributed by atoms with Crippen LogP contribution in [0.15, 0.2) is 58.5 Å². The Morgan fingerprint density at radius 2 is 1.97 bits per heavy atom. The highest BCUT2D eigenvalue weighted by molar-refractivity contribution is 8.00. The fraction of sp³-hybridized carbons (Fsp3) is 0.286. The van der Waals surface area contributed by atoms with E-state index in [0.29, 0.717) is 46.3 Å². The Morgan fingerprint density at radius 1 is 1.24 bits per heavy atom. The number of hydrogen-bond donors (Lipinski definition) is 1. The minimum Gasteiger partial charge on any atom is -0.385 e. The van der Waals surface area contributed by atoms with Gasteiger partial charge in [-0.3, -0.25) is 14.2 Å². The molecule has 0 spiro atoms. The van der Waals surface area contributed by atoms with E-state index in [2.05, 4.69) is 10.3 Å². The van der Waals surface area contributed by atoms with Gasteiger partial charge in [-0.15, -0.1) is 0 Å². The van der Waals surface area contributed by atoms with Crippen LogP contribution in [0, 0.1) is 0 Å². The Kier molecular flexibility index (Phi) is 7.30. The van der Waals surface area contributed by atoms with Gasteiger partial charge in [-0.25, -0.2) is 4.98 Å². The highest BCUT2D eigenvalue weighted by Crippen LogP contribution is 2.24. The number of hydrogen-bond acceptors (Lipinski definition) is 5. The summed E-state index contributed by atoms with van der Waals surface area (Å²) in [5.41, 5.74) is 1.17. The van der Waals surface area contributed by atoms with Gasteiger partial charge in [0.15, 0.2) is 5.16 Å². The van der Waals surface area contributed by atoms with Crippen molar-refractivity contribution < 1.29 is 9.53 Å². The lowest BCUT2D eigenvalue weighted by Crippen LogP contribution is -2.27. The number of rotatable bonds is 8. The number of carbonyl (C=O) groups is 1. The normalized spacial score (nSPS) is 12.1. The predicted octanol–water partition coefficient (Wildman–Crippen LogP) is 4.21. The zero-order chi connectivity index (χ0) is 20.8. The molecule has 0 radical (unpaired) electrons. The molecular weight excluding hydrogens is 410 g/mol. The molecule has 0 aliphatic carbocycles. The summed E-state index contributed by atoms with van der Waals surface area (Å²) in [6.07, 6.45) is 0.676. The highest BCUT2D eigenvalue weighted by Gasteiger charge is 2.19. The maximum Gasteiger partial charge on any atom is 0.262 e. The van der Waals surface area contributed by atoms with E-state index >= 15 is 0 Å². The minimum absolute atomic E-state index is 0.112. The van der Waals surface area contributed by atoms with Crippen LogP contribution < -0.4 is 10.9 Å². The number of nitrogens with zero attached hydrogens (tertiary/aromatic N) is 2. The molecule has 1 unspecified atom stereocenters. The first-order valence-corrected chi connectivity index (χ1v) is 10.5. The number of methoxy groups -OCH3 is 1. The monoisotopic (exact) mass is 431 g/mol. The minimum atomic E-state index is -0.451. The van der Waals surface area contributed by atoms with Crippen LogP contribution in [0.4, 0.5) is 5.69 Å². The van der Waals surface area contributed by atoms with Crippen LogP contribution in [0.5, 0.6) is 0 Å². The summed E-state index contributed by atoms with van der Waals surface area (Å²) in [5, 5.41) is 4.09. The van der Waals surface area contributed by atoms with E-state index in [4.69, 9.17) is 16.3 Å². The summed E-state index contributed by atoms with van der Waals surface area (Å²) in [4.78, 5) is 30.2. The number of benzene rings is 2. The van der Waals surface area contributed by atoms with Crippen LogP contribution in [0.1, 0.15) is 13.3 Å². The van der Waals surface area contributed by atoms with Gasteiger partial charge >= 0.3 is 0 Å². The number of anilines is 1. The summed E-state index contributed by atoms with van der Waals surface area (Å²) >= 11 is 7.14. The Bertz CT molecular complexity index is 1050. The molecule has 8 heteroatoms. The van der Waals surface area contributed by atoms with E-state index in [-0.39, 0.29) is 11.5 Å². The van der Waals surface area contributed by atoms with Gasteiger partial charge in [0, 0.05) is 31.0 Å². The molecule has 1 aromatic heterocycles. The maximum absolute atomic E-state index is 13.0. The first-order valence-electron chi connectivity index (χ1n) is 9.21. The summed E-state index contributed by atoms with van der Waals surface area (Å²) in [6, 6.07) is 14.1. The van der Waals surface area contributed by atoms with Gasteiger partial charge in [-0.05, 0) is 49.7 Å². The van der Waals surface area contributed by atoms with Crippen molar-refractivity contribution in [2.75, 3.05) is 19.0 Å². The molecule has 2 aromatic carbocycles. The standard InChI is InChI=1S/C21H22ClN3O3S/c1-14(19(26)23-16-10-8-15(22)9-11-16)29-21-24-18-7-4-3-6-17(18)20(27)25(21)12-5-13-28-2/h3-4,6-11,14H,5,12-13H2,1-2H3,(H,23,26). The zero-order valence-electron chi connectivity index (χ0n) is 16.2. The van der Waals surface area contributed by atoms with Gasteiger partial charge in [-0.2, -0.15) is 0 Å². The van der Waals surface area contributed by atoms with Crippen molar-refractivity contribution in [3.8, 4) is 0 Å². The third-order valence-corrected chi connectivity index (χ3v) is 5.66. The second-order valence-electron chi connectivity index (χ2n) is 6.47. The summed E-state index contributed by atoms with van der Waals surface area (Å²) in [5.74, 6) is -0.178. The van der Waals surface area contributed by atoms with Crippen molar-refractivity contribution >= 4 is 45.9 Å². The number of amides is 1. The second kappa shape index (κ2) is 9.91. The Morgan fingerprint density at radius 3 is 2.69 bits per heavy atom. The van der Waals surface area contributed by atoms with Crippen LogP contribution in [0.25, 0.3) is 10.9 Å². The van der Waals surface area contributed by atoms with E-state index < -0.39 is 5.25 Å². The largest absolute Gasteiger partial charge is 0.385 e. The summed E-state index contributed by atoms with van der Waals surface area (Å²) in [7, 11) is 1.63. The van der Waals surface area contributed by atoms with Crippen molar-refractivity contribution in [1.82, 2.24) is 9.55 Å². The smallest absolute Gasteiger partial charge is 0.262 e. The molecule has 0 aliphatic heterocycles. The van der Waals surface area contributed by atoms with E-state index in [1.54, 1.807) is 55.0 Å². The second-order valence-corrected chi connectivity index (χ2v) is 8.22. The van der Waals surface area contributed by atoms with Gasteiger partial charge in [-0.1, -0.05) is 35.5 Å². The van der Waals surface area contributed by atoms with Crippen LogP contribution in [0.2, 0.25) is 5.02 Å². The fourth-order valence-corrected chi connectivity index (χ4v) is 3.85. The van der Waals surface area contributed by atoms with Gasteiger partial charge < -0.3 is 10.1 Å². The molecule has 1 atom stereocenters.